The van der Waals surface area contributed by atoms with Crippen LogP contribution in [-0.2, 0) is 24.3 Å². The lowest BCUT2D eigenvalue weighted by Crippen LogP contribution is -2.29. The van der Waals surface area contributed by atoms with Crippen LogP contribution in [-0.4, -0.2) is 26.8 Å². The molecule has 9 heteroatoms. The van der Waals surface area contributed by atoms with Crippen molar-refractivity contribution in [2.75, 3.05) is 6.54 Å². The Labute approximate surface area is 150 Å². The van der Waals surface area contributed by atoms with Gasteiger partial charge in [-0.15, -0.1) is 0 Å². The topological polar surface area (TPSA) is 116 Å². The number of rotatable bonds is 8. The molecule has 7 nitrogen and oxygen atoms in total. The van der Waals surface area contributed by atoms with Crippen LogP contribution >= 0.6 is 0 Å². The van der Waals surface area contributed by atoms with E-state index in [1.54, 1.807) is 30.3 Å². The number of hydrogen-bond acceptors (Lipinski definition) is 5. The molecule has 2 rings (SSSR count). The lowest BCUT2D eigenvalue weighted by molar-refractivity contribution is -0.155. The molecular formula is C17H17FN2O5S. The van der Waals surface area contributed by atoms with E-state index >= 15 is 0 Å². The predicted octanol–water partition coefficient (Wildman–Crippen LogP) is 1.26. The number of esters is 1. The van der Waals surface area contributed by atoms with E-state index < -0.39 is 33.8 Å². The highest BCUT2D eigenvalue weighted by molar-refractivity contribution is 7.89. The normalized spacial score (nSPS) is 12.3. The summed E-state index contributed by atoms with van der Waals surface area (Å²) < 4.78 is 44.1. The number of nitrogens with two attached hydrogens (primary N) is 1. The highest BCUT2D eigenvalue weighted by Gasteiger charge is 2.22. The highest BCUT2D eigenvalue weighted by Crippen LogP contribution is 2.17. The van der Waals surface area contributed by atoms with Crippen molar-refractivity contribution in [3.63, 3.8) is 0 Å². The maximum atomic E-state index is 12.8. The third kappa shape index (κ3) is 5.36. The van der Waals surface area contributed by atoms with E-state index in [2.05, 4.69) is 4.72 Å². The van der Waals surface area contributed by atoms with Gasteiger partial charge in [0.15, 0.2) is 0 Å². The minimum Gasteiger partial charge on any atom is -0.447 e. The maximum absolute atomic E-state index is 12.8. The number of nitrogens with one attached hydrogen (secondary N) is 1. The van der Waals surface area contributed by atoms with Gasteiger partial charge in [0.05, 0.1) is 11.3 Å². The van der Waals surface area contributed by atoms with Crippen molar-refractivity contribution < 1.29 is 27.1 Å². The quantitative estimate of drug-likeness (QED) is 0.669. The van der Waals surface area contributed by atoms with E-state index in [0.29, 0.717) is 5.56 Å². The minimum atomic E-state index is -3.89. The summed E-state index contributed by atoms with van der Waals surface area (Å²) in [6, 6.07) is 12.5. The minimum absolute atomic E-state index is 0.133. The van der Waals surface area contributed by atoms with Crippen molar-refractivity contribution in [2.24, 2.45) is 5.73 Å². The van der Waals surface area contributed by atoms with Gasteiger partial charge in [-0.2, -0.15) is 0 Å². The first-order chi connectivity index (χ1) is 12.3. The molecule has 0 saturated carbocycles. The van der Waals surface area contributed by atoms with Gasteiger partial charge in [-0.3, -0.25) is 9.59 Å². The van der Waals surface area contributed by atoms with Crippen LogP contribution in [0.15, 0.2) is 59.5 Å². The molecule has 2 aromatic carbocycles. The number of hydrogen-bond donors (Lipinski definition) is 2. The number of carbonyl (C=O) groups excluding carboxylic acids is 2. The lowest BCUT2D eigenvalue weighted by atomic mass is 10.1. The molecule has 0 heterocycles. The van der Waals surface area contributed by atoms with Gasteiger partial charge in [0.1, 0.15) is 5.82 Å². The third-order valence-corrected chi connectivity index (χ3v) is 4.83. The van der Waals surface area contributed by atoms with Gasteiger partial charge in [-0.1, -0.05) is 30.3 Å². The monoisotopic (exact) mass is 380 g/mol. The molecule has 0 radical (unpaired) electrons. The zero-order valence-corrected chi connectivity index (χ0v) is 14.4. The predicted molar refractivity (Wildman–Crippen MR) is 90.7 cm³/mol. The van der Waals surface area contributed by atoms with Gasteiger partial charge in [-0.25, -0.2) is 17.5 Å². The van der Waals surface area contributed by atoms with Gasteiger partial charge in [0.2, 0.25) is 16.1 Å². The Kier molecular flexibility index (Phi) is 6.42. The number of primary amides is 1. The summed E-state index contributed by atoms with van der Waals surface area (Å²) in [7, 11) is -3.89. The van der Waals surface area contributed by atoms with Gasteiger partial charge < -0.3 is 10.5 Å². The van der Waals surface area contributed by atoms with Crippen LogP contribution in [0.5, 0.6) is 0 Å². The van der Waals surface area contributed by atoms with E-state index in [1.165, 1.54) is 0 Å². The number of benzene rings is 2. The Balaban J connectivity index is 1.91. The molecule has 26 heavy (non-hydrogen) atoms. The molecule has 1 unspecified atom stereocenters. The maximum Gasteiger partial charge on any atom is 0.308 e. The molecule has 1 amide bonds. The van der Waals surface area contributed by atoms with Crippen molar-refractivity contribution in [3.8, 4) is 0 Å². The first-order valence-corrected chi connectivity index (χ1v) is 9.07. The van der Waals surface area contributed by atoms with Gasteiger partial charge in [0.25, 0.3) is 5.91 Å². The highest BCUT2D eigenvalue weighted by atomic mass is 32.2. The van der Waals surface area contributed by atoms with Crippen LogP contribution in [0.3, 0.4) is 0 Å². The summed E-state index contributed by atoms with van der Waals surface area (Å²) >= 11 is 0. The van der Waals surface area contributed by atoms with Crippen LogP contribution in [0.1, 0.15) is 18.1 Å². The van der Waals surface area contributed by atoms with Crippen LogP contribution in [0, 0.1) is 5.82 Å². The standard InChI is InChI=1S/C17H17FN2O5S/c18-13-6-8-14(9-7-13)26(23,24)20-11-10-15(21)25-16(17(19)22)12-4-2-1-3-5-12/h1-9,16,20H,10-11H2,(H2,19,22). The molecule has 0 spiro atoms. The van der Waals surface area contributed by atoms with Crippen molar-refractivity contribution in [3.05, 3.63) is 66.0 Å². The van der Waals surface area contributed by atoms with Crippen LogP contribution in [0.25, 0.3) is 0 Å². The second-order valence-corrected chi connectivity index (χ2v) is 7.05. The molecule has 0 saturated heterocycles. The summed E-state index contributed by atoms with van der Waals surface area (Å²) in [6.07, 6.45) is -1.56. The second kappa shape index (κ2) is 8.54. The average Bonchev–Trinajstić information content (AvgIpc) is 2.60. The molecule has 0 fully saturated rings. The van der Waals surface area contributed by atoms with Crippen molar-refractivity contribution in [2.45, 2.75) is 17.4 Å². The second-order valence-electron chi connectivity index (χ2n) is 5.28. The fourth-order valence-electron chi connectivity index (χ4n) is 2.09. The SMILES string of the molecule is NC(=O)C(OC(=O)CCNS(=O)(=O)c1ccc(F)cc1)c1ccccc1. The smallest absolute Gasteiger partial charge is 0.308 e. The lowest BCUT2D eigenvalue weighted by Gasteiger charge is -2.15. The zero-order chi connectivity index (χ0) is 19.2. The van der Waals surface area contributed by atoms with Crippen LogP contribution in [0.2, 0.25) is 0 Å². The molecule has 0 aliphatic carbocycles. The van der Waals surface area contributed by atoms with Gasteiger partial charge >= 0.3 is 5.97 Å². The Bertz CT molecular complexity index is 870. The fraction of sp³-hybridized carbons (Fsp3) is 0.176. The molecule has 1 atom stereocenters. The van der Waals surface area contributed by atoms with Crippen molar-refractivity contribution in [1.29, 1.82) is 0 Å². The summed E-state index contributed by atoms with van der Waals surface area (Å²) in [5.74, 6) is -2.19. The van der Waals surface area contributed by atoms with Gasteiger partial charge in [-0.05, 0) is 24.3 Å². The average molecular weight is 380 g/mol. The van der Waals surface area contributed by atoms with E-state index in [4.69, 9.17) is 10.5 Å². The molecule has 0 aliphatic rings. The van der Waals surface area contributed by atoms with Crippen LogP contribution in [0.4, 0.5) is 4.39 Å². The number of carbonyl (C=O) groups is 2. The number of halogens is 1. The largest absolute Gasteiger partial charge is 0.447 e. The first kappa shape index (κ1) is 19.5. The van der Waals surface area contributed by atoms with Crippen molar-refractivity contribution >= 4 is 21.9 Å². The summed E-state index contributed by atoms with van der Waals surface area (Å²) in [5, 5.41) is 0. The fourth-order valence-corrected chi connectivity index (χ4v) is 3.12. The number of sulfonamides is 1. The zero-order valence-electron chi connectivity index (χ0n) is 13.6. The number of amides is 1. The summed E-state index contributed by atoms with van der Waals surface area (Å²) in [4.78, 5) is 23.2. The Morgan fingerprint density at radius 1 is 1.08 bits per heavy atom. The molecule has 138 valence electrons. The molecule has 2 aromatic rings. The molecule has 3 N–H and O–H groups in total. The van der Waals surface area contributed by atoms with E-state index in [1.807, 2.05) is 0 Å². The van der Waals surface area contributed by atoms with Crippen LogP contribution < -0.4 is 10.5 Å². The third-order valence-electron chi connectivity index (χ3n) is 3.36. The Hall–Kier alpha value is -2.78. The Morgan fingerprint density at radius 3 is 2.27 bits per heavy atom. The van der Waals surface area contributed by atoms with Gasteiger partial charge in [0, 0.05) is 12.1 Å². The Morgan fingerprint density at radius 2 is 1.69 bits per heavy atom. The van der Waals surface area contributed by atoms with E-state index in [-0.39, 0.29) is 17.9 Å². The van der Waals surface area contributed by atoms with Crippen molar-refractivity contribution in [1.82, 2.24) is 4.72 Å². The van der Waals surface area contributed by atoms with E-state index in [0.717, 1.165) is 24.3 Å². The summed E-state index contributed by atoms with van der Waals surface area (Å²) in [6.45, 7) is -0.251. The number of ether oxygens (including phenoxy) is 1. The first-order valence-electron chi connectivity index (χ1n) is 7.58. The molecule has 0 aliphatic heterocycles. The molecular weight excluding hydrogens is 363 g/mol. The molecule has 0 bridgehead atoms. The van der Waals surface area contributed by atoms with E-state index in [9.17, 15) is 22.4 Å². The summed E-state index contributed by atoms with van der Waals surface area (Å²) in [5.41, 5.74) is 5.66. The molecule has 0 aromatic heterocycles.